The van der Waals surface area contributed by atoms with E-state index in [2.05, 4.69) is 0 Å². The van der Waals surface area contributed by atoms with Gasteiger partial charge < -0.3 is 20.3 Å². The van der Waals surface area contributed by atoms with Crippen LogP contribution in [0.4, 0.5) is 13.6 Å². The maximum atomic E-state index is 13.5. The number of likely N-dealkylation sites (tertiary alicyclic amines) is 1. The van der Waals surface area contributed by atoms with Gasteiger partial charge in [0.05, 0.1) is 18.7 Å². The number of carbonyl (C=O) groups is 1. The highest BCUT2D eigenvalue weighted by Crippen LogP contribution is 2.28. The monoisotopic (exact) mass is 448 g/mol. The minimum atomic E-state index is -1.15. The summed E-state index contributed by atoms with van der Waals surface area (Å²) in [7, 11) is 0. The van der Waals surface area contributed by atoms with E-state index >= 15 is 0 Å². The number of ether oxygens (including phenoxy) is 2. The largest absolute Gasteiger partial charge is 0.489 e. The van der Waals surface area contributed by atoms with Crippen LogP contribution in [0, 0.1) is 11.6 Å². The van der Waals surface area contributed by atoms with E-state index in [4.69, 9.17) is 15.2 Å². The Morgan fingerprint density at radius 3 is 2.41 bits per heavy atom. The van der Waals surface area contributed by atoms with Gasteiger partial charge in [-0.1, -0.05) is 18.2 Å². The second-order valence-electron chi connectivity index (χ2n) is 9.12. The van der Waals surface area contributed by atoms with Crippen LogP contribution < -0.4 is 10.5 Å². The summed E-state index contributed by atoms with van der Waals surface area (Å²) in [5.74, 6) is -0.778. The van der Waals surface area contributed by atoms with Gasteiger partial charge in [-0.25, -0.2) is 13.6 Å². The molecule has 0 unspecified atom stereocenters. The molecule has 4 atom stereocenters. The van der Waals surface area contributed by atoms with Crippen molar-refractivity contribution in [1.82, 2.24) is 4.90 Å². The van der Waals surface area contributed by atoms with Gasteiger partial charge in [0.15, 0.2) is 0 Å². The Morgan fingerprint density at radius 2 is 1.81 bits per heavy atom. The summed E-state index contributed by atoms with van der Waals surface area (Å²) in [6.45, 7) is 5.49. The van der Waals surface area contributed by atoms with Crippen molar-refractivity contribution in [2.75, 3.05) is 6.54 Å². The lowest BCUT2D eigenvalue weighted by atomic mass is 9.95. The van der Waals surface area contributed by atoms with Crippen molar-refractivity contribution in [2.24, 2.45) is 5.73 Å². The molecule has 0 bridgehead atoms. The van der Waals surface area contributed by atoms with E-state index in [0.717, 1.165) is 6.07 Å². The first-order chi connectivity index (χ1) is 15.0. The fraction of sp³-hybridized carbons (Fsp3) is 0.458. The van der Waals surface area contributed by atoms with Gasteiger partial charge in [0, 0.05) is 18.5 Å². The number of halogens is 2. The number of nitrogens with zero attached hydrogens (tertiary/aromatic N) is 1. The number of carbonyl (C=O) groups excluding carboxylic acids is 1. The number of hydrogen-bond acceptors (Lipinski definition) is 5. The summed E-state index contributed by atoms with van der Waals surface area (Å²) in [5.41, 5.74) is 5.81. The summed E-state index contributed by atoms with van der Waals surface area (Å²) in [6, 6.07) is 10.8. The number of rotatable bonds is 6. The maximum Gasteiger partial charge on any atom is 0.410 e. The van der Waals surface area contributed by atoms with Gasteiger partial charge in [-0.05, 0) is 57.0 Å². The Hall–Kier alpha value is -2.71. The molecule has 0 aromatic heterocycles. The van der Waals surface area contributed by atoms with Gasteiger partial charge >= 0.3 is 6.09 Å². The molecule has 6 nitrogen and oxygen atoms in total. The van der Waals surface area contributed by atoms with Crippen LogP contribution in [0.25, 0.3) is 0 Å². The van der Waals surface area contributed by atoms with Crippen LogP contribution in [-0.2, 0) is 11.2 Å². The molecule has 0 aliphatic carbocycles. The zero-order chi connectivity index (χ0) is 23.5. The lowest BCUT2D eigenvalue weighted by Gasteiger charge is -2.33. The van der Waals surface area contributed by atoms with Crippen molar-refractivity contribution in [3.05, 3.63) is 65.7 Å². The molecule has 2 aromatic carbocycles. The molecule has 0 saturated carbocycles. The Labute approximate surface area is 186 Å². The standard InChI is InChI=1S/C24H30F2N2O4/c1-24(2,3)32-23(30)28-14-19(31-18-7-5-4-6-8-18)13-21(28)22(29)20(27)11-15-9-16(25)12-17(26)10-15/h4-10,12,19-22,29H,11,13-14,27H2,1-3H3/t19-,20+,21+,22+/m1/s1. The Bertz CT molecular complexity index is 900. The summed E-state index contributed by atoms with van der Waals surface area (Å²) in [6.07, 6.45) is -1.73. The molecule has 3 rings (SSSR count). The Balaban J connectivity index is 1.76. The number of benzene rings is 2. The third-order valence-corrected chi connectivity index (χ3v) is 5.21. The second-order valence-corrected chi connectivity index (χ2v) is 9.12. The summed E-state index contributed by atoms with van der Waals surface area (Å²) in [5, 5.41) is 11.0. The first-order valence-electron chi connectivity index (χ1n) is 10.6. The van der Waals surface area contributed by atoms with Crippen LogP contribution >= 0.6 is 0 Å². The van der Waals surface area contributed by atoms with E-state index in [1.165, 1.54) is 17.0 Å². The van der Waals surface area contributed by atoms with Crippen LogP contribution in [0.2, 0.25) is 0 Å². The van der Waals surface area contributed by atoms with Crippen LogP contribution in [0.5, 0.6) is 5.75 Å². The number of para-hydroxylation sites is 1. The zero-order valence-corrected chi connectivity index (χ0v) is 18.5. The number of aliphatic hydroxyl groups is 1. The summed E-state index contributed by atoms with van der Waals surface area (Å²) in [4.78, 5) is 14.3. The van der Waals surface area contributed by atoms with Gasteiger partial charge in [0.25, 0.3) is 0 Å². The number of nitrogens with two attached hydrogens (primary N) is 1. The fourth-order valence-electron chi connectivity index (χ4n) is 3.86. The quantitative estimate of drug-likeness (QED) is 0.705. The molecule has 1 amide bonds. The Morgan fingerprint density at radius 1 is 1.19 bits per heavy atom. The van der Waals surface area contributed by atoms with Gasteiger partial charge in [-0.2, -0.15) is 0 Å². The van der Waals surface area contributed by atoms with Crippen molar-refractivity contribution in [3.63, 3.8) is 0 Å². The molecule has 1 fully saturated rings. The van der Waals surface area contributed by atoms with Gasteiger partial charge in [-0.3, -0.25) is 4.90 Å². The van der Waals surface area contributed by atoms with Crippen LogP contribution in [0.3, 0.4) is 0 Å². The van der Waals surface area contributed by atoms with E-state index in [-0.39, 0.29) is 19.1 Å². The zero-order valence-electron chi connectivity index (χ0n) is 18.5. The molecule has 0 radical (unpaired) electrons. The van der Waals surface area contributed by atoms with Crippen molar-refractivity contribution in [2.45, 2.75) is 63.5 Å². The number of aliphatic hydroxyl groups excluding tert-OH is 1. The summed E-state index contributed by atoms with van der Waals surface area (Å²) >= 11 is 0. The molecule has 1 aliphatic heterocycles. The average molecular weight is 449 g/mol. The van der Waals surface area contributed by atoms with Gasteiger partial charge in [-0.15, -0.1) is 0 Å². The minimum absolute atomic E-state index is 0.0404. The third kappa shape index (κ3) is 6.40. The molecule has 0 spiro atoms. The predicted octanol–water partition coefficient (Wildman–Crippen LogP) is 3.65. The molecule has 1 heterocycles. The fourth-order valence-corrected chi connectivity index (χ4v) is 3.86. The second kappa shape index (κ2) is 9.83. The van der Waals surface area contributed by atoms with E-state index in [1.54, 1.807) is 20.8 Å². The molecule has 174 valence electrons. The van der Waals surface area contributed by atoms with Crippen LogP contribution in [0.15, 0.2) is 48.5 Å². The topological polar surface area (TPSA) is 85.0 Å². The number of amides is 1. The molecule has 8 heteroatoms. The van der Waals surface area contributed by atoms with Crippen molar-refractivity contribution in [1.29, 1.82) is 0 Å². The maximum absolute atomic E-state index is 13.5. The molecule has 32 heavy (non-hydrogen) atoms. The van der Waals surface area contributed by atoms with E-state index in [1.807, 2.05) is 30.3 Å². The highest BCUT2D eigenvalue weighted by molar-refractivity contribution is 5.69. The van der Waals surface area contributed by atoms with Crippen LogP contribution in [-0.4, -0.2) is 52.5 Å². The molecular weight excluding hydrogens is 418 g/mol. The van der Waals surface area contributed by atoms with Crippen molar-refractivity contribution >= 4 is 6.09 Å². The predicted molar refractivity (Wildman–Crippen MR) is 116 cm³/mol. The average Bonchev–Trinajstić information content (AvgIpc) is 3.10. The minimum Gasteiger partial charge on any atom is -0.489 e. The lowest BCUT2D eigenvalue weighted by molar-refractivity contribution is 0.000599. The molecule has 1 aliphatic rings. The summed E-state index contributed by atoms with van der Waals surface area (Å²) < 4.78 is 38.6. The van der Waals surface area contributed by atoms with Crippen molar-refractivity contribution in [3.8, 4) is 5.75 Å². The first-order valence-corrected chi connectivity index (χ1v) is 10.6. The smallest absolute Gasteiger partial charge is 0.410 e. The van der Waals surface area contributed by atoms with E-state index in [9.17, 15) is 18.7 Å². The van der Waals surface area contributed by atoms with Gasteiger partial charge in [0.2, 0.25) is 0 Å². The first kappa shape index (κ1) is 23.9. The van der Waals surface area contributed by atoms with E-state index in [0.29, 0.717) is 17.7 Å². The number of hydrogen-bond donors (Lipinski definition) is 2. The van der Waals surface area contributed by atoms with Crippen molar-refractivity contribution < 1.29 is 28.2 Å². The lowest BCUT2D eigenvalue weighted by Crippen LogP contribution is -2.52. The SMILES string of the molecule is CC(C)(C)OC(=O)N1C[C@H](Oc2ccccc2)C[C@H]1[C@@H](O)[C@@H](N)Cc1cc(F)cc(F)c1. The highest BCUT2D eigenvalue weighted by atomic mass is 19.1. The molecule has 3 N–H and O–H groups in total. The van der Waals surface area contributed by atoms with E-state index < -0.39 is 41.5 Å². The highest BCUT2D eigenvalue weighted by Gasteiger charge is 2.43. The molecule has 1 saturated heterocycles. The van der Waals surface area contributed by atoms with Crippen LogP contribution in [0.1, 0.15) is 32.8 Å². The molecular formula is C24H30F2N2O4. The van der Waals surface area contributed by atoms with Gasteiger partial charge in [0.1, 0.15) is 29.1 Å². The third-order valence-electron chi connectivity index (χ3n) is 5.21. The molecule has 2 aromatic rings. The Kier molecular flexibility index (Phi) is 7.36. The normalized spacial score (nSPS) is 20.7.